The quantitative estimate of drug-likeness (QED) is 0.135. The highest BCUT2D eigenvalue weighted by molar-refractivity contribution is 7.45. The van der Waals surface area contributed by atoms with Gasteiger partial charge in [-0.15, -0.1) is 0 Å². The topological polar surface area (TPSA) is 231 Å². The minimum Gasteiger partial charge on any atom is -0.756 e. The summed E-state index contributed by atoms with van der Waals surface area (Å²) in [5.41, 5.74) is 2.65. The van der Waals surface area contributed by atoms with Gasteiger partial charge in [0.05, 0.1) is 5.56 Å². The van der Waals surface area contributed by atoms with Gasteiger partial charge in [0.25, 0.3) is 15.6 Å². The van der Waals surface area contributed by atoms with Crippen molar-refractivity contribution >= 4 is 15.6 Å². The molecule has 2 atom stereocenters. The van der Waals surface area contributed by atoms with Crippen LogP contribution < -0.4 is 31.6 Å². The molecule has 10 N–H and O–H groups in total. The molecule has 218 valence electrons. The number of quaternary nitrogens is 2. The largest absolute Gasteiger partial charge is 0.756 e. The highest BCUT2D eigenvalue weighted by atomic mass is 31.2. The Labute approximate surface area is 224 Å². The summed E-state index contributed by atoms with van der Waals surface area (Å²) in [7, 11) is -10.3. The minimum absolute atomic E-state index is 0. The van der Waals surface area contributed by atoms with Crippen molar-refractivity contribution in [2.24, 2.45) is 0 Å². The van der Waals surface area contributed by atoms with Crippen LogP contribution in [0.4, 0.5) is 0 Å². The molecule has 0 aromatic heterocycles. The van der Waals surface area contributed by atoms with E-state index in [9.17, 15) is 28.7 Å². The van der Waals surface area contributed by atoms with Crippen molar-refractivity contribution in [2.45, 2.75) is 78.8 Å². The van der Waals surface area contributed by atoms with Gasteiger partial charge in [-0.2, -0.15) is 0 Å². The first-order valence-electron chi connectivity index (χ1n) is 11.5. The van der Waals surface area contributed by atoms with Gasteiger partial charge in [0.2, 0.25) is 11.6 Å². The molecule has 0 aliphatic heterocycles. The molecule has 0 fully saturated rings. The third kappa shape index (κ3) is 12.4. The second kappa shape index (κ2) is 14.0. The molecule has 2 unspecified atom stereocenters. The number of rotatable bonds is 13. The first-order chi connectivity index (χ1) is 16.4. The molecular formula is C24H42N2O10P2. The number of hydrogen-bond acceptors (Lipinski definition) is 8. The fraction of sp³-hybridized carbons (Fsp3) is 0.500. The summed E-state index contributed by atoms with van der Waals surface area (Å²) in [4.78, 5) is 41.3. The van der Waals surface area contributed by atoms with Crippen molar-refractivity contribution in [3.8, 4) is 22.6 Å². The Bertz CT molecular complexity index is 1090. The van der Waals surface area contributed by atoms with Crippen LogP contribution in [0.1, 0.15) is 65.0 Å². The first kappa shape index (κ1) is 36.2. The Morgan fingerprint density at radius 2 is 1.32 bits per heavy atom. The molecule has 2 rings (SSSR count). The summed E-state index contributed by atoms with van der Waals surface area (Å²) < 4.78 is 44.3. The SMILES string of the molecule is CCCCCc1cc(OC(C)(C)OP(=O)([O-])O)c(-c2cccc(C)c2)c(OC(C)(C)OP(=O)([O-])O)c1.[NH4+].[NH4+]. The van der Waals surface area contributed by atoms with Gasteiger partial charge in [-0.25, -0.2) is 0 Å². The maximum Gasteiger partial charge on any atom is 0.268 e. The van der Waals surface area contributed by atoms with E-state index in [1.807, 2.05) is 19.1 Å². The predicted octanol–water partition coefficient (Wildman–Crippen LogP) is 5.33. The van der Waals surface area contributed by atoms with Crippen molar-refractivity contribution in [3.63, 3.8) is 0 Å². The van der Waals surface area contributed by atoms with Crippen molar-refractivity contribution < 1.29 is 47.2 Å². The van der Waals surface area contributed by atoms with E-state index in [1.165, 1.54) is 27.7 Å². The molecule has 0 saturated heterocycles. The molecule has 0 saturated carbocycles. The van der Waals surface area contributed by atoms with Gasteiger partial charge in [-0.05, 0) is 43.0 Å². The van der Waals surface area contributed by atoms with Crippen LogP contribution in [0, 0.1) is 6.92 Å². The Morgan fingerprint density at radius 1 is 0.842 bits per heavy atom. The van der Waals surface area contributed by atoms with Crippen molar-refractivity contribution in [2.75, 3.05) is 0 Å². The van der Waals surface area contributed by atoms with E-state index in [1.54, 1.807) is 24.3 Å². The molecule has 0 bridgehead atoms. The van der Waals surface area contributed by atoms with Crippen LogP contribution in [-0.2, 0) is 24.6 Å². The standard InChI is InChI=1S/C24H36O10P2.2H3N/c1-7-8-9-12-18-15-20(31-23(3,4)33-35(25,26)27)22(19-13-10-11-17(2)14-19)21(16-18)32-24(5,6)34-36(28,29)30;;/h10-11,13-16H,7-9,12H2,1-6H3,(H2,25,26,27)(H2,28,29,30);2*1H3. The number of aryl methyl sites for hydroxylation is 2. The summed E-state index contributed by atoms with van der Waals surface area (Å²) in [5.74, 6) is -3.25. The molecule has 14 heteroatoms. The van der Waals surface area contributed by atoms with Gasteiger partial charge in [0.1, 0.15) is 11.5 Å². The van der Waals surface area contributed by atoms with Gasteiger partial charge in [-0.3, -0.25) is 18.2 Å². The number of hydrogen-bond donors (Lipinski definition) is 4. The van der Waals surface area contributed by atoms with Crippen molar-refractivity contribution in [3.05, 3.63) is 47.5 Å². The maximum absolute atomic E-state index is 11.4. The fourth-order valence-corrected chi connectivity index (χ4v) is 4.92. The van der Waals surface area contributed by atoms with Crippen LogP contribution in [-0.4, -0.2) is 21.4 Å². The van der Waals surface area contributed by atoms with Gasteiger partial charge in [-0.1, -0.05) is 49.6 Å². The summed E-state index contributed by atoms with van der Waals surface area (Å²) in [6.45, 7) is 9.24. The number of benzene rings is 2. The summed E-state index contributed by atoms with van der Waals surface area (Å²) in [6, 6.07) is 10.7. The lowest BCUT2D eigenvalue weighted by molar-refractivity contribution is -0.246. The molecule has 0 amide bonds. The highest BCUT2D eigenvalue weighted by Crippen LogP contribution is 2.46. The normalized spacial score (nSPS) is 14.9. The Morgan fingerprint density at radius 3 is 1.71 bits per heavy atom. The van der Waals surface area contributed by atoms with E-state index in [2.05, 4.69) is 6.92 Å². The molecule has 2 aromatic carbocycles. The van der Waals surface area contributed by atoms with E-state index < -0.39 is 27.2 Å². The Balaban J connectivity index is 0.00000684. The van der Waals surface area contributed by atoms with Gasteiger partial charge >= 0.3 is 0 Å². The third-order valence-corrected chi connectivity index (χ3v) is 6.22. The van der Waals surface area contributed by atoms with Crippen LogP contribution in [0.25, 0.3) is 11.1 Å². The molecule has 0 aliphatic rings. The van der Waals surface area contributed by atoms with Gasteiger partial charge in [0.15, 0.2) is 0 Å². The Hall–Kier alpha value is -1.82. The minimum atomic E-state index is -5.14. The zero-order valence-corrected chi connectivity index (χ0v) is 25.1. The van der Waals surface area contributed by atoms with Gasteiger partial charge < -0.3 is 41.3 Å². The molecule has 12 nitrogen and oxygen atoms in total. The molecular weight excluding hydrogens is 538 g/mol. The zero-order valence-electron chi connectivity index (χ0n) is 23.3. The lowest BCUT2D eigenvalue weighted by Gasteiger charge is -2.34. The summed E-state index contributed by atoms with van der Waals surface area (Å²) >= 11 is 0. The average molecular weight is 581 g/mol. The molecule has 0 spiro atoms. The summed E-state index contributed by atoms with van der Waals surface area (Å²) in [6.07, 6.45) is 3.42. The number of ether oxygens (including phenoxy) is 2. The molecule has 2 aromatic rings. The van der Waals surface area contributed by atoms with E-state index in [4.69, 9.17) is 18.5 Å². The van der Waals surface area contributed by atoms with Crippen LogP contribution >= 0.6 is 15.6 Å². The average Bonchev–Trinajstić information content (AvgIpc) is 2.63. The summed E-state index contributed by atoms with van der Waals surface area (Å²) in [5, 5.41) is 0. The van der Waals surface area contributed by atoms with Crippen LogP contribution in [0.2, 0.25) is 0 Å². The van der Waals surface area contributed by atoms with Crippen LogP contribution in [0.3, 0.4) is 0 Å². The van der Waals surface area contributed by atoms with E-state index in [0.717, 1.165) is 30.4 Å². The monoisotopic (exact) mass is 580 g/mol. The molecule has 0 aliphatic carbocycles. The van der Waals surface area contributed by atoms with Crippen molar-refractivity contribution in [1.82, 2.24) is 12.3 Å². The molecule has 0 heterocycles. The molecule has 0 radical (unpaired) electrons. The van der Waals surface area contributed by atoms with E-state index in [-0.39, 0.29) is 23.8 Å². The third-order valence-electron chi connectivity index (χ3n) is 4.88. The van der Waals surface area contributed by atoms with Crippen molar-refractivity contribution in [1.29, 1.82) is 0 Å². The number of phosphoric ester groups is 2. The van der Waals surface area contributed by atoms with Gasteiger partial charge in [0, 0.05) is 27.7 Å². The second-order valence-electron chi connectivity index (χ2n) is 9.42. The number of phosphoric acid groups is 2. The van der Waals surface area contributed by atoms with Crippen LogP contribution in [0.5, 0.6) is 11.5 Å². The first-order valence-corrected chi connectivity index (χ1v) is 14.5. The van der Waals surface area contributed by atoms with E-state index >= 15 is 0 Å². The lowest BCUT2D eigenvalue weighted by Crippen LogP contribution is -2.34. The zero-order chi connectivity index (χ0) is 27.4. The molecule has 38 heavy (non-hydrogen) atoms. The van der Waals surface area contributed by atoms with E-state index in [0.29, 0.717) is 17.5 Å². The highest BCUT2D eigenvalue weighted by Gasteiger charge is 2.31. The van der Waals surface area contributed by atoms with Crippen LogP contribution in [0.15, 0.2) is 36.4 Å². The fourth-order valence-electron chi connectivity index (χ4n) is 3.74. The second-order valence-corrected chi connectivity index (χ2v) is 11.7. The maximum atomic E-state index is 11.4. The Kier molecular flexibility index (Phi) is 13.3. The smallest absolute Gasteiger partial charge is 0.268 e. The lowest BCUT2D eigenvalue weighted by atomic mass is 9.97. The number of unbranched alkanes of at least 4 members (excludes halogenated alkanes) is 2. The predicted molar refractivity (Wildman–Crippen MR) is 143 cm³/mol.